The van der Waals surface area contributed by atoms with Crippen molar-refractivity contribution in [1.29, 1.82) is 0 Å². The summed E-state index contributed by atoms with van der Waals surface area (Å²) in [6.07, 6.45) is 0. The molecule has 2 aromatic rings. The van der Waals surface area contributed by atoms with Gasteiger partial charge >= 0.3 is 0 Å². The fraction of sp³-hybridized carbons (Fsp3) is 0.200. The van der Waals surface area contributed by atoms with Crippen LogP contribution in [0.2, 0.25) is 0 Å². The van der Waals surface area contributed by atoms with Crippen LogP contribution in [-0.2, 0) is 6.54 Å². The maximum Gasteiger partial charge on any atom is 0.270 e. The van der Waals surface area contributed by atoms with Gasteiger partial charge in [-0.2, -0.15) is 0 Å². The molecule has 4 nitrogen and oxygen atoms in total. The van der Waals surface area contributed by atoms with E-state index in [4.69, 9.17) is 0 Å². The second-order valence-electron chi connectivity index (χ2n) is 4.73. The lowest BCUT2D eigenvalue weighted by Crippen LogP contribution is -2.18. The Hall–Kier alpha value is -1.24. The summed E-state index contributed by atoms with van der Waals surface area (Å²) < 4.78 is 1.76. The molecule has 0 spiro atoms. The highest BCUT2D eigenvalue weighted by Gasteiger charge is 2.10. The molecule has 1 N–H and O–H groups in total. The van der Waals surface area contributed by atoms with Crippen molar-refractivity contribution in [2.24, 2.45) is 0 Å². The first kappa shape index (κ1) is 16.1. The fourth-order valence-corrected chi connectivity index (χ4v) is 2.77. The highest BCUT2D eigenvalue weighted by atomic mass is 79.9. The minimum Gasteiger partial charge on any atom is -0.306 e. The zero-order valence-corrected chi connectivity index (χ0v) is 14.5. The number of benzene rings is 2. The molecule has 0 aliphatic rings. The van der Waals surface area contributed by atoms with E-state index in [1.165, 1.54) is 11.6 Å². The van der Waals surface area contributed by atoms with Crippen molar-refractivity contribution in [3.05, 3.63) is 72.7 Å². The molecule has 110 valence electrons. The van der Waals surface area contributed by atoms with Gasteiger partial charge in [0.2, 0.25) is 0 Å². The maximum atomic E-state index is 10.9. The monoisotopic (exact) mass is 412 g/mol. The van der Waals surface area contributed by atoms with Crippen LogP contribution >= 0.6 is 31.9 Å². The van der Waals surface area contributed by atoms with Gasteiger partial charge in [-0.05, 0) is 36.2 Å². The maximum absolute atomic E-state index is 10.9. The molecular weight excluding hydrogens is 400 g/mol. The molecule has 2 aromatic carbocycles. The van der Waals surface area contributed by atoms with E-state index >= 15 is 0 Å². The molecule has 0 heterocycles. The first-order chi connectivity index (χ1) is 9.95. The van der Waals surface area contributed by atoms with Gasteiger partial charge < -0.3 is 5.32 Å². The highest BCUT2D eigenvalue weighted by molar-refractivity contribution is 9.10. The molecule has 0 bridgehead atoms. The Morgan fingerprint density at radius 1 is 1.14 bits per heavy atom. The Labute approximate surface area is 140 Å². The number of nitrogens with zero attached hydrogens (tertiary/aromatic N) is 1. The van der Waals surface area contributed by atoms with E-state index in [2.05, 4.69) is 44.1 Å². The lowest BCUT2D eigenvalue weighted by Gasteiger charge is -2.14. The average Bonchev–Trinajstić information content (AvgIpc) is 2.45. The summed E-state index contributed by atoms with van der Waals surface area (Å²) in [5, 5.41) is 14.2. The Morgan fingerprint density at radius 2 is 1.81 bits per heavy atom. The van der Waals surface area contributed by atoms with E-state index in [-0.39, 0.29) is 16.7 Å². The zero-order chi connectivity index (χ0) is 15.4. The lowest BCUT2D eigenvalue weighted by molar-refractivity contribution is -0.385. The largest absolute Gasteiger partial charge is 0.306 e. The third kappa shape index (κ3) is 4.62. The van der Waals surface area contributed by atoms with Gasteiger partial charge in [0.15, 0.2) is 0 Å². The highest BCUT2D eigenvalue weighted by Crippen LogP contribution is 2.22. The number of rotatable bonds is 5. The topological polar surface area (TPSA) is 55.2 Å². The van der Waals surface area contributed by atoms with Gasteiger partial charge in [-0.25, -0.2) is 0 Å². The molecule has 0 aliphatic heterocycles. The van der Waals surface area contributed by atoms with E-state index in [0.717, 1.165) is 10.0 Å². The molecule has 1 atom stereocenters. The number of hydrogen-bond acceptors (Lipinski definition) is 3. The Balaban J connectivity index is 2.05. The van der Waals surface area contributed by atoms with Crippen molar-refractivity contribution in [3.63, 3.8) is 0 Å². The molecule has 0 aromatic heterocycles. The third-order valence-electron chi connectivity index (χ3n) is 3.14. The molecule has 0 fully saturated rings. The van der Waals surface area contributed by atoms with Crippen molar-refractivity contribution in [3.8, 4) is 0 Å². The van der Waals surface area contributed by atoms with E-state index in [1.807, 2.05) is 30.3 Å². The van der Waals surface area contributed by atoms with Crippen LogP contribution in [0.15, 0.2) is 51.4 Å². The van der Waals surface area contributed by atoms with Gasteiger partial charge in [0.1, 0.15) is 0 Å². The quantitative estimate of drug-likeness (QED) is 0.556. The van der Waals surface area contributed by atoms with Gasteiger partial charge in [0.25, 0.3) is 5.69 Å². The van der Waals surface area contributed by atoms with Gasteiger partial charge in [-0.3, -0.25) is 10.1 Å². The Morgan fingerprint density at radius 3 is 2.43 bits per heavy atom. The second-order valence-corrected chi connectivity index (χ2v) is 6.56. The van der Waals surface area contributed by atoms with Crippen LogP contribution in [0, 0.1) is 10.1 Å². The molecule has 0 radical (unpaired) electrons. The summed E-state index contributed by atoms with van der Waals surface area (Å²) >= 11 is 6.71. The summed E-state index contributed by atoms with van der Waals surface area (Å²) in [5.41, 5.74) is 2.14. The molecule has 0 amide bonds. The van der Waals surface area contributed by atoms with Gasteiger partial charge in [0.05, 0.1) is 4.92 Å². The average molecular weight is 414 g/mol. The number of non-ortho nitro benzene ring substituents is 1. The van der Waals surface area contributed by atoms with Gasteiger partial charge in [0, 0.05) is 33.7 Å². The summed E-state index contributed by atoms with van der Waals surface area (Å²) in [6, 6.07) is 13.2. The van der Waals surface area contributed by atoms with Gasteiger partial charge in [-0.1, -0.05) is 44.0 Å². The lowest BCUT2D eigenvalue weighted by atomic mass is 10.1. The zero-order valence-electron chi connectivity index (χ0n) is 11.3. The predicted molar refractivity (Wildman–Crippen MR) is 90.2 cm³/mol. The van der Waals surface area contributed by atoms with Crippen molar-refractivity contribution in [2.45, 2.75) is 19.5 Å². The number of nitrogens with one attached hydrogen (secondary N) is 1. The first-order valence-corrected chi connectivity index (χ1v) is 7.97. The molecule has 2 rings (SSSR count). The first-order valence-electron chi connectivity index (χ1n) is 6.38. The summed E-state index contributed by atoms with van der Waals surface area (Å²) in [7, 11) is 0. The Bertz CT molecular complexity index is 645. The van der Waals surface area contributed by atoms with E-state index in [1.54, 1.807) is 6.07 Å². The van der Waals surface area contributed by atoms with Crippen LogP contribution in [-0.4, -0.2) is 4.92 Å². The molecule has 6 heteroatoms. The minimum absolute atomic E-state index is 0.0949. The van der Waals surface area contributed by atoms with Crippen molar-refractivity contribution in [2.75, 3.05) is 0 Å². The number of nitro benzene ring substituents is 1. The minimum atomic E-state index is -0.383. The van der Waals surface area contributed by atoms with E-state index in [9.17, 15) is 10.1 Å². The van der Waals surface area contributed by atoms with Crippen molar-refractivity contribution in [1.82, 2.24) is 5.32 Å². The molecule has 21 heavy (non-hydrogen) atoms. The van der Waals surface area contributed by atoms with Crippen LogP contribution in [0.25, 0.3) is 0 Å². The number of halogens is 2. The van der Waals surface area contributed by atoms with Crippen LogP contribution < -0.4 is 5.32 Å². The number of nitro groups is 1. The SMILES string of the molecule is CC(NCc1cc(Br)cc([N+](=O)[O-])c1)c1ccc(Br)cc1. The smallest absolute Gasteiger partial charge is 0.270 e. The number of hydrogen-bond donors (Lipinski definition) is 1. The van der Waals surface area contributed by atoms with Crippen LogP contribution in [0.4, 0.5) is 5.69 Å². The Kier molecular flexibility index (Phi) is 5.50. The molecular formula is C15H14Br2N2O2. The van der Waals surface area contributed by atoms with E-state index < -0.39 is 0 Å². The van der Waals surface area contributed by atoms with Crippen LogP contribution in [0.5, 0.6) is 0 Å². The molecule has 0 saturated carbocycles. The molecule has 0 aliphatic carbocycles. The van der Waals surface area contributed by atoms with E-state index in [0.29, 0.717) is 11.0 Å². The fourth-order valence-electron chi connectivity index (χ4n) is 1.98. The van der Waals surface area contributed by atoms with Gasteiger partial charge in [-0.15, -0.1) is 0 Å². The van der Waals surface area contributed by atoms with Crippen LogP contribution in [0.1, 0.15) is 24.1 Å². The summed E-state index contributed by atoms with van der Waals surface area (Å²) in [5.74, 6) is 0. The predicted octanol–water partition coefficient (Wildman–Crippen LogP) is 4.97. The van der Waals surface area contributed by atoms with Crippen molar-refractivity contribution < 1.29 is 4.92 Å². The normalized spacial score (nSPS) is 12.1. The third-order valence-corrected chi connectivity index (χ3v) is 4.12. The second kappa shape index (κ2) is 7.15. The molecule has 0 saturated heterocycles. The van der Waals surface area contributed by atoms with Crippen LogP contribution in [0.3, 0.4) is 0 Å². The standard InChI is InChI=1S/C15H14Br2N2O2/c1-10(12-2-4-13(16)5-3-12)18-9-11-6-14(17)8-15(7-11)19(20)21/h2-8,10,18H,9H2,1H3. The summed E-state index contributed by atoms with van der Waals surface area (Å²) in [6.45, 7) is 2.63. The summed E-state index contributed by atoms with van der Waals surface area (Å²) in [4.78, 5) is 10.5. The van der Waals surface area contributed by atoms with Crippen molar-refractivity contribution >= 4 is 37.5 Å². The molecule has 1 unspecified atom stereocenters.